The van der Waals surface area contributed by atoms with Crippen LogP contribution in [0.15, 0.2) is 23.1 Å². The molecule has 1 unspecified atom stereocenters. The van der Waals surface area contributed by atoms with Crippen molar-refractivity contribution in [2.75, 3.05) is 20.6 Å². The molecule has 1 aliphatic rings. The van der Waals surface area contributed by atoms with Crippen LogP contribution in [-0.4, -0.2) is 50.2 Å². The maximum Gasteiger partial charge on any atom is 0.254 e. The van der Waals surface area contributed by atoms with Crippen LogP contribution in [0.2, 0.25) is 0 Å². The fourth-order valence-electron chi connectivity index (χ4n) is 2.90. The Balaban J connectivity index is 2.40. The van der Waals surface area contributed by atoms with Gasteiger partial charge in [-0.05, 0) is 43.9 Å². The van der Waals surface area contributed by atoms with Gasteiger partial charge in [0.15, 0.2) is 0 Å². The Hall–Kier alpha value is -1.40. The first-order valence-electron chi connectivity index (χ1n) is 7.63. The van der Waals surface area contributed by atoms with Gasteiger partial charge < -0.3 is 4.90 Å². The predicted octanol–water partition coefficient (Wildman–Crippen LogP) is 2.26. The summed E-state index contributed by atoms with van der Waals surface area (Å²) in [7, 11) is -0.550. The van der Waals surface area contributed by atoms with Crippen LogP contribution in [-0.2, 0) is 10.0 Å². The number of rotatable bonds is 4. The summed E-state index contributed by atoms with van der Waals surface area (Å²) in [5, 5.41) is 0. The summed E-state index contributed by atoms with van der Waals surface area (Å²) < 4.78 is 25.9. The summed E-state index contributed by atoms with van der Waals surface area (Å²) in [6, 6.07) is 5.21. The number of likely N-dealkylation sites (tertiary alicyclic amines) is 1. The van der Waals surface area contributed by atoms with Gasteiger partial charge in [-0.25, -0.2) is 12.7 Å². The molecule has 0 spiro atoms. The Morgan fingerprint density at radius 3 is 2.64 bits per heavy atom. The van der Waals surface area contributed by atoms with Gasteiger partial charge in [-0.3, -0.25) is 4.79 Å². The van der Waals surface area contributed by atoms with Crippen molar-refractivity contribution in [3.05, 3.63) is 29.3 Å². The van der Waals surface area contributed by atoms with Crippen molar-refractivity contribution in [2.45, 2.75) is 44.0 Å². The second-order valence-corrected chi connectivity index (χ2v) is 8.09. The summed E-state index contributed by atoms with van der Waals surface area (Å²) in [5.74, 6) is -0.0699. The van der Waals surface area contributed by atoms with E-state index in [1.807, 2.05) is 4.90 Å². The first-order valence-corrected chi connectivity index (χ1v) is 9.07. The van der Waals surface area contributed by atoms with E-state index in [0.29, 0.717) is 11.1 Å². The Bertz CT molecular complexity index is 668. The van der Waals surface area contributed by atoms with Crippen LogP contribution in [0.1, 0.15) is 42.1 Å². The maximum atomic E-state index is 12.7. The normalized spacial score (nSPS) is 19.0. The van der Waals surface area contributed by atoms with E-state index in [4.69, 9.17) is 0 Å². The van der Waals surface area contributed by atoms with Crippen molar-refractivity contribution in [3.63, 3.8) is 0 Å². The van der Waals surface area contributed by atoms with Gasteiger partial charge in [0, 0.05) is 32.2 Å². The zero-order valence-electron chi connectivity index (χ0n) is 13.7. The molecule has 2 rings (SSSR count). The fourth-order valence-corrected chi connectivity index (χ4v) is 4.05. The van der Waals surface area contributed by atoms with Crippen molar-refractivity contribution in [1.29, 1.82) is 0 Å². The van der Waals surface area contributed by atoms with Gasteiger partial charge in [-0.15, -0.1) is 0 Å². The van der Waals surface area contributed by atoms with Crippen LogP contribution in [0.5, 0.6) is 0 Å². The van der Waals surface area contributed by atoms with Crippen molar-refractivity contribution >= 4 is 15.9 Å². The van der Waals surface area contributed by atoms with E-state index in [9.17, 15) is 13.2 Å². The highest BCUT2D eigenvalue weighted by Crippen LogP contribution is 2.25. The molecule has 5 nitrogen and oxygen atoms in total. The van der Waals surface area contributed by atoms with E-state index in [0.717, 1.165) is 25.8 Å². The van der Waals surface area contributed by atoms with Crippen molar-refractivity contribution in [1.82, 2.24) is 9.21 Å². The number of aryl methyl sites for hydroxylation is 1. The number of hydrogen-bond donors (Lipinski definition) is 0. The van der Waals surface area contributed by atoms with E-state index < -0.39 is 10.0 Å². The lowest BCUT2D eigenvalue weighted by atomic mass is 10.1. The first-order chi connectivity index (χ1) is 10.3. The minimum atomic E-state index is -3.54. The predicted molar refractivity (Wildman–Crippen MR) is 86.4 cm³/mol. The largest absolute Gasteiger partial charge is 0.336 e. The molecule has 1 atom stereocenters. The van der Waals surface area contributed by atoms with Gasteiger partial charge in [-0.1, -0.05) is 13.0 Å². The van der Waals surface area contributed by atoms with Crippen LogP contribution in [0.25, 0.3) is 0 Å². The minimum absolute atomic E-state index is 0.0699. The van der Waals surface area contributed by atoms with Gasteiger partial charge in [0.2, 0.25) is 10.0 Å². The molecule has 0 N–H and O–H groups in total. The quantitative estimate of drug-likeness (QED) is 0.853. The summed E-state index contributed by atoms with van der Waals surface area (Å²) in [4.78, 5) is 14.8. The molecule has 0 bridgehead atoms. The molecule has 0 aliphatic carbocycles. The highest BCUT2D eigenvalue weighted by molar-refractivity contribution is 7.89. The Labute approximate surface area is 133 Å². The number of benzene rings is 1. The third-order valence-electron chi connectivity index (χ3n) is 4.30. The topological polar surface area (TPSA) is 57.7 Å². The van der Waals surface area contributed by atoms with Gasteiger partial charge in [0.25, 0.3) is 5.91 Å². The standard InChI is InChI=1S/C16H24N2O3S/c1-5-14-7-6-10-18(14)16(19)13-9-8-12(2)15(11-13)22(20,21)17(3)4/h8-9,11,14H,5-7,10H2,1-4H3. The number of nitrogens with zero attached hydrogens (tertiary/aromatic N) is 2. The summed E-state index contributed by atoms with van der Waals surface area (Å²) in [6.45, 7) is 4.57. The molecule has 0 aromatic heterocycles. The van der Waals surface area contributed by atoms with Gasteiger partial charge in [0.1, 0.15) is 0 Å². The lowest BCUT2D eigenvalue weighted by molar-refractivity contribution is 0.0733. The van der Waals surface area contributed by atoms with Crippen molar-refractivity contribution < 1.29 is 13.2 Å². The molecule has 1 aromatic rings. The van der Waals surface area contributed by atoms with E-state index >= 15 is 0 Å². The lowest BCUT2D eigenvalue weighted by Crippen LogP contribution is -2.35. The smallest absolute Gasteiger partial charge is 0.254 e. The van der Waals surface area contributed by atoms with Crippen LogP contribution < -0.4 is 0 Å². The van der Waals surface area contributed by atoms with Crippen LogP contribution in [0.4, 0.5) is 0 Å². The number of hydrogen-bond acceptors (Lipinski definition) is 3. The molecular formula is C16H24N2O3S. The zero-order valence-corrected chi connectivity index (χ0v) is 14.5. The molecule has 1 fully saturated rings. The molecule has 1 amide bonds. The number of carbonyl (C=O) groups is 1. The van der Waals surface area contributed by atoms with E-state index in [1.165, 1.54) is 24.5 Å². The zero-order chi connectivity index (χ0) is 16.5. The molecule has 0 radical (unpaired) electrons. The third kappa shape index (κ3) is 3.03. The Morgan fingerprint density at radius 1 is 1.36 bits per heavy atom. The molecule has 6 heteroatoms. The molecule has 1 heterocycles. The molecule has 1 saturated heterocycles. The summed E-state index contributed by atoms with van der Waals surface area (Å²) in [6.07, 6.45) is 2.97. The molecule has 122 valence electrons. The average Bonchev–Trinajstić information content (AvgIpc) is 2.95. The van der Waals surface area contributed by atoms with Gasteiger partial charge in [-0.2, -0.15) is 0 Å². The second-order valence-electron chi connectivity index (χ2n) is 5.97. The molecule has 1 aromatic carbocycles. The third-order valence-corrected chi connectivity index (χ3v) is 6.26. The second kappa shape index (κ2) is 6.38. The fraction of sp³-hybridized carbons (Fsp3) is 0.562. The maximum absolute atomic E-state index is 12.7. The lowest BCUT2D eigenvalue weighted by Gasteiger charge is -2.24. The number of amides is 1. The molecule has 22 heavy (non-hydrogen) atoms. The highest BCUT2D eigenvalue weighted by atomic mass is 32.2. The van der Waals surface area contributed by atoms with E-state index in [2.05, 4.69) is 6.92 Å². The van der Waals surface area contributed by atoms with Crippen LogP contribution >= 0.6 is 0 Å². The molecular weight excluding hydrogens is 300 g/mol. The highest BCUT2D eigenvalue weighted by Gasteiger charge is 2.29. The van der Waals surface area contributed by atoms with Gasteiger partial charge in [0.05, 0.1) is 4.90 Å². The SMILES string of the molecule is CCC1CCCN1C(=O)c1ccc(C)c(S(=O)(=O)N(C)C)c1. The number of carbonyl (C=O) groups excluding carboxylic acids is 1. The summed E-state index contributed by atoms with van der Waals surface area (Å²) >= 11 is 0. The van der Waals surface area contributed by atoms with Crippen molar-refractivity contribution in [3.8, 4) is 0 Å². The minimum Gasteiger partial charge on any atom is -0.336 e. The Kier molecular flexibility index (Phi) is 4.92. The monoisotopic (exact) mass is 324 g/mol. The summed E-state index contributed by atoms with van der Waals surface area (Å²) in [5.41, 5.74) is 1.10. The first kappa shape index (κ1) is 17.0. The van der Waals surface area contributed by atoms with Crippen LogP contribution in [0.3, 0.4) is 0 Å². The molecule has 0 saturated carbocycles. The van der Waals surface area contributed by atoms with Gasteiger partial charge >= 0.3 is 0 Å². The van der Waals surface area contributed by atoms with E-state index in [-0.39, 0.29) is 16.8 Å². The number of sulfonamides is 1. The average molecular weight is 324 g/mol. The van der Waals surface area contributed by atoms with Crippen molar-refractivity contribution in [2.24, 2.45) is 0 Å². The molecule has 1 aliphatic heterocycles. The van der Waals surface area contributed by atoms with E-state index in [1.54, 1.807) is 19.1 Å². The Morgan fingerprint density at radius 2 is 2.05 bits per heavy atom. The van der Waals surface area contributed by atoms with Crippen LogP contribution in [0, 0.1) is 6.92 Å².